The molecule has 1 fully saturated rings. The maximum Gasteiger partial charge on any atom is 0.411 e. The van der Waals surface area contributed by atoms with E-state index in [0.717, 1.165) is 54.3 Å². The zero-order valence-electron chi connectivity index (χ0n) is 20.5. The van der Waals surface area contributed by atoms with E-state index in [1.165, 1.54) is 5.69 Å². The molecule has 178 valence electrons. The van der Waals surface area contributed by atoms with E-state index >= 15 is 0 Å². The van der Waals surface area contributed by atoms with Crippen LogP contribution in [0.2, 0.25) is 0 Å². The molecule has 5 rings (SSSR count). The molecule has 1 amide bonds. The third-order valence-electron chi connectivity index (χ3n) is 6.75. The van der Waals surface area contributed by atoms with Crippen molar-refractivity contribution < 1.29 is 9.53 Å². The Bertz CT molecular complexity index is 1190. The highest BCUT2D eigenvalue weighted by atomic mass is 16.6. The van der Waals surface area contributed by atoms with Gasteiger partial charge in [0, 0.05) is 23.2 Å². The summed E-state index contributed by atoms with van der Waals surface area (Å²) in [5, 5.41) is 9.22. The second-order valence-corrected chi connectivity index (χ2v) is 10.5. The Balaban J connectivity index is 1.41. The Morgan fingerprint density at radius 2 is 1.68 bits per heavy atom. The lowest BCUT2D eigenvalue weighted by Gasteiger charge is -2.28. The van der Waals surface area contributed by atoms with Crippen LogP contribution in [0.15, 0.2) is 42.5 Å². The quantitative estimate of drug-likeness (QED) is 0.494. The number of amides is 1. The largest absolute Gasteiger partial charge is 0.444 e. The molecule has 2 aliphatic rings. The zero-order chi connectivity index (χ0) is 23.9. The first-order valence-corrected chi connectivity index (χ1v) is 12.2. The van der Waals surface area contributed by atoms with Gasteiger partial charge in [0.25, 0.3) is 0 Å². The number of ether oxygens (including phenoxy) is 1. The van der Waals surface area contributed by atoms with Crippen LogP contribution in [-0.4, -0.2) is 36.3 Å². The number of hydrogen-bond acceptors (Lipinski definition) is 5. The lowest BCUT2D eigenvalue weighted by atomic mass is 9.80. The van der Waals surface area contributed by atoms with Gasteiger partial charge >= 0.3 is 6.09 Å². The SMILES string of the molecule is Cc1cccc(C2CCC(c3nnc4n3-c3ccccc3CN(C(=O)OC(C)(C)C)C4)CC2)n1. The number of carbonyl (C=O) groups is 1. The summed E-state index contributed by atoms with van der Waals surface area (Å²) >= 11 is 0. The van der Waals surface area contributed by atoms with E-state index < -0.39 is 5.60 Å². The summed E-state index contributed by atoms with van der Waals surface area (Å²) in [7, 11) is 0. The average molecular weight is 460 g/mol. The van der Waals surface area contributed by atoms with Crippen molar-refractivity contribution in [3.8, 4) is 5.69 Å². The summed E-state index contributed by atoms with van der Waals surface area (Å²) in [6.45, 7) is 8.58. The second kappa shape index (κ2) is 8.85. The molecule has 0 unspecified atom stereocenters. The molecule has 3 heterocycles. The van der Waals surface area contributed by atoms with Gasteiger partial charge in [0.15, 0.2) is 5.82 Å². The van der Waals surface area contributed by atoms with Crippen LogP contribution in [0.3, 0.4) is 0 Å². The van der Waals surface area contributed by atoms with E-state index in [1.807, 2.05) is 32.9 Å². The van der Waals surface area contributed by atoms with Gasteiger partial charge in [0.1, 0.15) is 11.4 Å². The van der Waals surface area contributed by atoms with E-state index in [4.69, 9.17) is 9.72 Å². The van der Waals surface area contributed by atoms with E-state index in [9.17, 15) is 4.79 Å². The predicted octanol–water partition coefficient (Wildman–Crippen LogP) is 5.66. The minimum atomic E-state index is -0.549. The van der Waals surface area contributed by atoms with Gasteiger partial charge in [-0.05, 0) is 77.1 Å². The normalized spacial score (nSPS) is 20.3. The molecule has 0 spiro atoms. The second-order valence-electron chi connectivity index (χ2n) is 10.5. The van der Waals surface area contributed by atoms with Crippen LogP contribution in [0, 0.1) is 6.92 Å². The summed E-state index contributed by atoms with van der Waals surface area (Å²) in [6, 6.07) is 14.5. The standard InChI is InChI=1S/C27H33N5O2/c1-18-8-7-10-22(28-18)19-12-14-20(15-13-19)25-30-29-24-17-31(26(33)34-27(2,3)4)16-21-9-5-6-11-23(21)32(24)25/h5-11,19-20H,12-17H2,1-4H3. The Morgan fingerprint density at radius 3 is 2.41 bits per heavy atom. The van der Waals surface area contributed by atoms with Crippen molar-refractivity contribution in [1.29, 1.82) is 0 Å². The Morgan fingerprint density at radius 1 is 0.941 bits per heavy atom. The van der Waals surface area contributed by atoms with Gasteiger partial charge in [-0.25, -0.2) is 4.79 Å². The molecule has 7 nitrogen and oxygen atoms in total. The van der Waals surface area contributed by atoms with Crippen LogP contribution < -0.4 is 0 Å². The first kappa shape index (κ1) is 22.6. The monoisotopic (exact) mass is 459 g/mol. The Labute approximate surface area is 201 Å². The number of hydrogen-bond donors (Lipinski definition) is 0. The number of rotatable bonds is 2. The van der Waals surface area contributed by atoms with Gasteiger partial charge in [0.05, 0.1) is 18.8 Å². The van der Waals surface area contributed by atoms with Gasteiger partial charge in [-0.3, -0.25) is 14.5 Å². The molecular weight excluding hydrogens is 426 g/mol. The highest BCUT2D eigenvalue weighted by molar-refractivity contribution is 5.68. The molecule has 34 heavy (non-hydrogen) atoms. The number of para-hydroxylation sites is 1. The molecule has 0 atom stereocenters. The maximum atomic E-state index is 12.9. The molecular formula is C27H33N5O2. The summed E-state index contributed by atoms with van der Waals surface area (Å²) in [4.78, 5) is 19.4. The molecule has 7 heteroatoms. The first-order chi connectivity index (χ1) is 16.3. The van der Waals surface area contributed by atoms with E-state index in [-0.39, 0.29) is 6.09 Å². The van der Waals surface area contributed by atoms with Crippen LogP contribution in [0.4, 0.5) is 4.79 Å². The van der Waals surface area contributed by atoms with Gasteiger partial charge in [-0.2, -0.15) is 0 Å². The number of aryl methyl sites for hydroxylation is 1. The van der Waals surface area contributed by atoms with E-state index in [2.05, 4.69) is 52.0 Å². The fraction of sp³-hybridized carbons (Fsp3) is 0.481. The molecule has 2 aromatic heterocycles. The number of fused-ring (bicyclic) bond motifs is 3. The van der Waals surface area contributed by atoms with Gasteiger partial charge in [-0.15, -0.1) is 10.2 Å². The minimum absolute atomic E-state index is 0.327. The molecule has 0 bridgehead atoms. The third-order valence-corrected chi connectivity index (χ3v) is 6.75. The van der Waals surface area contributed by atoms with Crippen molar-refractivity contribution >= 4 is 6.09 Å². The summed E-state index contributed by atoms with van der Waals surface area (Å²) < 4.78 is 7.86. The number of pyridine rings is 1. The number of nitrogens with zero attached hydrogens (tertiary/aromatic N) is 5. The lowest BCUT2D eigenvalue weighted by Crippen LogP contribution is -2.35. The zero-order valence-corrected chi connectivity index (χ0v) is 20.5. The molecule has 3 aromatic rings. The van der Waals surface area contributed by atoms with Crippen molar-refractivity contribution in [2.75, 3.05) is 0 Å². The van der Waals surface area contributed by atoms with Gasteiger partial charge in [0.2, 0.25) is 0 Å². The van der Waals surface area contributed by atoms with Crippen molar-refractivity contribution in [2.45, 2.75) is 83.9 Å². The minimum Gasteiger partial charge on any atom is -0.444 e. The molecule has 1 aromatic carbocycles. The van der Waals surface area contributed by atoms with Gasteiger partial charge in [-0.1, -0.05) is 24.3 Å². The summed E-state index contributed by atoms with van der Waals surface area (Å²) in [6.07, 6.45) is 3.96. The molecule has 1 aliphatic heterocycles. The number of benzene rings is 1. The summed E-state index contributed by atoms with van der Waals surface area (Å²) in [5.74, 6) is 2.62. The smallest absolute Gasteiger partial charge is 0.411 e. The maximum absolute atomic E-state index is 12.9. The highest BCUT2D eigenvalue weighted by Gasteiger charge is 2.33. The van der Waals surface area contributed by atoms with Crippen LogP contribution in [0.25, 0.3) is 5.69 Å². The molecule has 0 saturated heterocycles. The van der Waals surface area contributed by atoms with Crippen LogP contribution in [0.5, 0.6) is 0 Å². The van der Waals surface area contributed by atoms with Crippen LogP contribution in [-0.2, 0) is 17.8 Å². The average Bonchev–Trinajstić information content (AvgIpc) is 3.13. The Hall–Kier alpha value is -3.22. The van der Waals surface area contributed by atoms with Crippen molar-refractivity contribution in [2.24, 2.45) is 0 Å². The van der Waals surface area contributed by atoms with Crippen LogP contribution >= 0.6 is 0 Å². The van der Waals surface area contributed by atoms with E-state index in [0.29, 0.717) is 24.9 Å². The van der Waals surface area contributed by atoms with E-state index in [1.54, 1.807) is 4.90 Å². The molecule has 1 aliphatic carbocycles. The lowest BCUT2D eigenvalue weighted by molar-refractivity contribution is 0.0214. The fourth-order valence-electron chi connectivity index (χ4n) is 5.15. The van der Waals surface area contributed by atoms with Crippen LogP contribution in [0.1, 0.15) is 86.9 Å². The topological polar surface area (TPSA) is 73.1 Å². The predicted molar refractivity (Wildman–Crippen MR) is 130 cm³/mol. The molecule has 0 radical (unpaired) electrons. The fourth-order valence-corrected chi connectivity index (χ4v) is 5.15. The first-order valence-electron chi connectivity index (χ1n) is 12.2. The summed E-state index contributed by atoms with van der Waals surface area (Å²) in [5.41, 5.74) is 3.87. The van der Waals surface area contributed by atoms with Gasteiger partial charge < -0.3 is 4.74 Å². The van der Waals surface area contributed by atoms with Crippen molar-refractivity contribution in [3.05, 3.63) is 71.1 Å². The Kier molecular flexibility index (Phi) is 5.88. The van der Waals surface area contributed by atoms with Crippen molar-refractivity contribution in [3.63, 3.8) is 0 Å². The third kappa shape index (κ3) is 4.56. The molecule has 1 saturated carbocycles. The molecule has 0 N–H and O–H groups in total. The highest BCUT2D eigenvalue weighted by Crippen LogP contribution is 2.41. The number of carbonyl (C=O) groups excluding carboxylic acids is 1. The number of aromatic nitrogens is 4. The van der Waals surface area contributed by atoms with Crippen molar-refractivity contribution in [1.82, 2.24) is 24.6 Å².